The lowest BCUT2D eigenvalue weighted by molar-refractivity contribution is -0.141. The van der Waals surface area contributed by atoms with E-state index in [1.165, 1.54) is 0 Å². The first-order valence-electron chi connectivity index (χ1n) is 9.15. The fraction of sp³-hybridized carbons (Fsp3) is 0.550. The molecule has 2 aliphatic rings. The fourth-order valence-corrected chi connectivity index (χ4v) is 3.77. The van der Waals surface area contributed by atoms with Crippen LogP contribution in [0.1, 0.15) is 49.3 Å². The third kappa shape index (κ3) is 3.20. The van der Waals surface area contributed by atoms with Gasteiger partial charge >= 0.3 is 12.0 Å². The van der Waals surface area contributed by atoms with Crippen LogP contribution >= 0.6 is 0 Å². The Bertz CT molecular complexity index is 763. The van der Waals surface area contributed by atoms with E-state index in [1.54, 1.807) is 0 Å². The summed E-state index contributed by atoms with van der Waals surface area (Å²) >= 11 is 0. The highest BCUT2D eigenvalue weighted by Crippen LogP contribution is 2.36. The van der Waals surface area contributed by atoms with Crippen molar-refractivity contribution in [3.63, 3.8) is 0 Å². The van der Waals surface area contributed by atoms with Crippen LogP contribution in [0.5, 0.6) is 5.75 Å². The zero-order valence-corrected chi connectivity index (χ0v) is 15.8. The van der Waals surface area contributed by atoms with Gasteiger partial charge in [0.1, 0.15) is 17.8 Å². The number of urea groups is 1. The number of imide groups is 1. The van der Waals surface area contributed by atoms with Crippen molar-refractivity contribution in [3.8, 4) is 5.75 Å². The Hall–Kier alpha value is -2.37. The number of nitrogens with one attached hydrogen (secondary N) is 1. The molecular weight excluding hydrogens is 332 g/mol. The number of nitrogens with zero attached hydrogens (tertiary/aromatic N) is 1. The SMILES string of the molecule is Cc1ccc(C)c(OC(=O)CN2C(=O)NC3(CCC(C)CC3)C2=O)c1C. The minimum Gasteiger partial charge on any atom is -0.425 e. The van der Waals surface area contributed by atoms with Crippen molar-refractivity contribution in [2.75, 3.05) is 6.54 Å². The first-order chi connectivity index (χ1) is 12.2. The van der Waals surface area contributed by atoms with Crippen LogP contribution in [-0.4, -0.2) is 34.9 Å². The van der Waals surface area contributed by atoms with Crippen LogP contribution < -0.4 is 10.1 Å². The van der Waals surface area contributed by atoms with Gasteiger partial charge in [-0.15, -0.1) is 0 Å². The minimum absolute atomic E-state index is 0.302. The summed E-state index contributed by atoms with van der Waals surface area (Å²) in [5.74, 6) is 0.149. The van der Waals surface area contributed by atoms with Gasteiger partial charge in [-0.2, -0.15) is 0 Å². The molecule has 1 aliphatic heterocycles. The second-order valence-corrected chi connectivity index (χ2v) is 7.71. The molecule has 1 aromatic rings. The third-order valence-corrected chi connectivity index (χ3v) is 5.75. The molecular formula is C20H26N2O4. The normalized spacial score (nSPS) is 25.5. The van der Waals surface area contributed by atoms with E-state index in [4.69, 9.17) is 4.74 Å². The molecule has 6 nitrogen and oxygen atoms in total. The van der Waals surface area contributed by atoms with E-state index in [0.29, 0.717) is 24.5 Å². The molecule has 1 saturated heterocycles. The second kappa shape index (κ2) is 6.74. The Kier molecular flexibility index (Phi) is 4.78. The Balaban J connectivity index is 1.71. The maximum atomic E-state index is 12.8. The second-order valence-electron chi connectivity index (χ2n) is 7.71. The molecule has 1 heterocycles. The molecule has 6 heteroatoms. The van der Waals surface area contributed by atoms with Crippen molar-refractivity contribution >= 4 is 17.9 Å². The van der Waals surface area contributed by atoms with E-state index in [0.717, 1.165) is 34.4 Å². The van der Waals surface area contributed by atoms with E-state index < -0.39 is 17.5 Å². The Morgan fingerprint density at radius 2 is 1.81 bits per heavy atom. The van der Waals surface area contributed by atoms with Crippen LogP contribution in [0.15, 0.2) is 12.1 Å². The smallest absolute Gasteiger partial charge is 0.331 e. The van der Waals surface area contributed by atoms with E-state index in [2.05, 4.69) is 12.2 Å². The van der Waals surface area contributed by atoms with Gasteiger partial charge in [0.25, 0.3) is 5.91 Å². The molecule has 0 radical (unpaired) electrons. The molecule has 0 aromatic heterocycles. The summed E-state index contributed by atoms with van der Waals surface area (Å²) in [4.78, 5) is 38.5. The summed E-state index contributed by atoms with van der Waals surface area (Å²) in [6.45, 7) is 7.47. The number of esters is 1. The summed E-state index contributed by atoms with van der Waals surface area (Å²) in [7, 11) is 0. The van der Waals surface area contributed by atoms with Gasteiger partial charge in [-0.25, -0.2) is 9.59 Å². The summed E-state index contributed by atoms with van der Waals surface area (Å²) in [6.07, 6.45) is 3.04. The maximum Gasteiger partial charge on any atom is 0.331 e. The average molecular weight is 358 g/mol. The summed E-state index contributed by atoms with van der Waals surface area (Å²) < 4.78 is 5.50. The monoisotopic (exact) mass is 358 g/mol. The molecule has 1 spiro atoms. The molecule has 1 aromatic carbocycles. The predicted molar refractivity (Wildman–Crippen MR) is 96.9 cm³/mol. The lowest BCUT2D eigenvalue weighted by atomic mass is 9.77. The Morgan fingerprint density at radius 3 is 2.46 bits per heavy atom. The predicted octanol–water partition coefficient (Wildman–Crippen LogP) is 3.02. The lowest BCUT2D eigenvalue weighted by Crippen LogP contribution is -2.49. The fourth-order valence-electron chi connectivity index (χ4n) is 3.77. The van der Waals surface area contributed by atoms with Gasteiger partial charge in [0.05, 0.1) is 0 Å². The van der Waals surface area contributed by atoms with Gasteiger partial charge in [-0.3, -0.25) is 9.69 Å². The van der Waals surface area contributed by atoms with E-state index in [9.17, 15) is 14.4 Å². The van der Waals surface area contributed by atoms with Crippen molar-refractivity contribution in [2.24, 2.45) is 5.92 Å². The number of hydrogen-bond donors (Lipinski definition) is 1. The van der Waals surface area contributed by atoms with Crippen molar-refractivity contribution < 1.29 is 19.1 Å². The maximum absolute atomic E-state index is 12.8. The number of aryl methyl sites for hydroxylation is 2. The largest absolute Gasteiger partial charge is 0.425 e. The standard InChI is InChI=1S/C20H26N2O4/c1-12-7-9-20(10-8-12)18(24)22(19(25)21-20)11-16(23)26-17-14(3)6-5-13(2)15(17)4/h5-6,12H,7-11H2,1-4H3,(H,21,25). The average Bonchev–Trinajstić information content (AvgIpc) is 2.82. The van der Waals surface area contributed by atoms with Gasteiger partial charge in [0.2, 0.25) is 0 Å². The highest BCUT2D eigenvalue weighted by molar-refractivity contribution is 6.08. The number of hydrogen-bond acceptors (Lipinski definition) is 4. The molecule has 1 aliphatic carbocycles. The molecule has 0 bridgehead atoms. The summed E-state index contributed by atoms with van der Waals surface area (Å²) in [5.41, 5.74) is 1.91. The van der Waals surface area contributed by atoms with Gasteiger partial charge in [0, 0.05) is 0 Å². The third-order valence-electron chi connectivity index (χ3n) is 5.75. The summed E-state index contributed by atoms with van der Waals surface area (Å²) in [5, 5.41) is 2.82. The van der Waals surface area contributed by atoms with Crippen molar-refractivity contribution in [1.82, 2.24) is 10.2 Å². The van der Waals surface area contributed by atoms with Crippen molar-refractivity contribution in [2.45, 2.75) is 58.9 Å². The molecule has 0 atom stereocenters. The molecule has 1 N–H and O–H groups in total. The van der Waals surface area contributed by atoms with Crippen molar-refractivity contribution in [3.05, 3.63) is 28.8 Å². The quantitative estimate of drug-likeness (QED) is 0.512. The topological polar surface area (TPSA) is 75.7 Å². The minimum atomic E-state index is -0.834. The number of benzene rings is 1. The van der Waals surface area contributed by atoms with Crippen molar-refractivity contribution in [1.29, 1.82) is 0 Å². The van der Waals surface area contributed by atoms with Crippen LogP contribution in [0.3, 0.4) is 0 Å². The van der Waals surface area contributed by atoms with Gasteiger partial charge in [-0.1, -0.05) is 19.1 Å². The zero-order chi connectivity index (χ0) is 19.1. The molecule has 0 unspecified atom stereocenters. The van der Waals surface area contributed by atoms with Crippen LogP contribution in [0.2, 0.25) is 0 Å². The number of carbonyl (C=O) groups excluding carboxylic acids is 3. The molecule has 26 heavy (non-hydrogen) atoms. The molecule has 2 fully saturated rings. The van der Waals surface area contributed by atoms with Crippen LogP contribution in [0, 0.1) is 26.7 Å². The Labute approximate surface area is 153 Å². The summed E-state index contributed by atoms with van der Waals surface area (Å²) in [6, 6.07) is 3.35. The van der Waals surface area contributed by atoms with E-state index >= 15 is 0 Å². The number of carbonyl (C=O) groups is 3. The van der Waals surface area contributed by atoms with Gasteiger partial charge < -0.3 is 10.1 Å². The van der Waals surface area contributed by atoms with Gasteiger partial charge in [-0.05, 0) is 69.1 Å². The first kappa shape index (κ1) is 18.4. The number of ether oxygens (including phenoxy) is 1. The number of amides is 3. The van der Waals surface area contributed by atoms with Crippen LogP contribution in [0.25, 0.3) is 0 Å². The highest BCUT2D eigenvalue weighted by atomic mass is 16.5. The highest BCUT2D eigenvalue weighted by Gasteiger charge is 2.52. The van der Waals surface area contributed by atoms with Gasteiger partial charge in [0.15, 0.2) is 0 Å². The van der Waals surface area contributed by atoms with Crippen LogP contribution in [0.4, 0.5) is 4.79 Å². The van der Waals surface area contributed by atoms with E-state index in [-0.39, 0.29) is 12.5 Å². The van der Waals surface area contributed by atoms with E-state index in [1.807, 2.05) is 32.9 Å². The zero-order valence-electron chi connectivity index (χ0n) is 15.8. The lowest BCUT2D eigenvalue weighted by Gasteiger charge is -2.33. The molecule has 3 rings (SSSR count). The molecule has 140 valence electrons. The van der Waals surface area contributed by atoms with Crippen LogP contribution in [-0.2, 0) is 9.59 Å². The molecule has 3 amide bonds. The Morgan fingerprint density at radius 1 is 1.19 bits per heavy atom. The first-order valence-corrected chi connectivity index (χ1v) is 9.15. The number of rotatable bonds is 3. The molecule has 1 saturated carbocycles.